The highest BCUT2D eigenvalue weighted by molar-refractivity contribution is 7.91. The van der Waals surface area contributed by atoms with E-state index in [1.54, 1.807) is 0 Å². The predicted molar refractivity (Wildman–Crippen MR) is 125 cm³/mol. The maximum atomic E-state index is 2.49. The Kier molecular flexibility index (Phi) is 5.80. The Balaban J connectivity index is 1.90. The molecule has 0 spiro atoms. The summed E-state index contributed by atoms with van der Waals surface area (Å²) in [5, 5.41) is 2.83. The van der Waals surface area contributed by atoms with E-state index in [9.17, 15) is 0 Å². The molecule has 0 aromatic heterocycles. The summed E-state index contributed by atoms with van der Waals surface area (Å²) in [6, 6.07) is 43.5. The van der Waals surface area contributed by atoms with E-state index in [-0.39, 0.29) is 0 Å². The molecular formula is C27H24P+. The summed E-state index contributed by atoms with van der Waals surface area (Å²) in [7, 11) is -1.77. The highest BCUT2D eigenvalue weighted by atomic mass is 31.2. The van der Waals surface area contributed by atoms with Gasteiger partial charge in [0, 0.05) is 0 Å². The Morgan fingerprint density at radius 1 is 0.500 bits per heavy atom. The third-order valence-electron chi connectivity index (χ3n) is 5.03. The maximum absolute atomic E-state index is 2.49. The molecule has 0 saturated heterocycles. The van der Waals surface area contributed by atoms with Gasteiger partial charge in [-0.05, 0) is 41.5 Å². The van der Waals surface area contributed by atoms with E-state index in [4.69, 9.17) is 0 Å². The molecule has 0 N–H and O–H groups in total. The first kappa shape index (κ1) is 18.4. The molecule has 136 valence electrons. The molecule has 0 aliphatic carbocycles. The summed E-state index contributed by atoms with van der Waals surface area (Å²) in [4.78, 5) is 0. The van der Waals surface area contributed by atoms with Gasteiger partial charge in [0.2, 0.25) is 0 Å². The standard InChI is InChI=1S/C27H24P/c1-5-13-24(14-6-1)21-22-28(26-17-9-3-10-18-26,27-19-11-4-12-20-27)23-25-15-7-2-8-16-25/h1-22H,23H2/q+1/b22-21+. The van der Waals surface area contributed by atoms with E-state index < -0.39 is 7.26 Å². The van der Waals surface area contributed by atoms with Gasteiger partial charge in [-0.25, -0.2) is 0 Å². The SMILES string of the molecule is C(=C\[P+](Cc1ccccc1)(c1ccccc1)c1ccccc1)/c1ccccc1. The molecular weight excluding hydrogens is 355 g/mol. The van der Waals surface area contributed by atoms with Crippen molar-refractivity contribution in [1.82, 2.24) is 0 Å². The lowest BCUT2D eigenvalue weighted by Crippen LogP contribution is -2.22. The number of rotatable bonds is 6. The average Bonchev–Trinajstić information content (AvgIpc) is 2.79. The van der Waals surface area contributed by atoms with Gasteiger partial charge >= 0.3 is 0 Å². The summed E-state index contributed by atoms with van der Waals surface area (Å²) in [5.74, 6) is 2.49. The minimum atomic E-state index is -1.77. The molecule has 0 amide bonds. The molecule has 0 nitrogen and oxygen atoms in total. The second-order valence-corrected chi connectivity index (χ2v) is 10.3. The van der Waals surface area contributed by atoms with Crippen molar-refractivity contribution in [3.63, 3.8) is 0 Å². The van der Waals surface area contributed by atoms with Crippen LogP contribution in [-0.2, 0) is 6.16 Å². The van der Waals surface area contributed by atoms with Crippen LogP contribution in [0.5, 0.6) is 0 Å². The normalized spacial score (nSPS) is 11.6. The first-order valence-corrected chi connectivity index (χ1v) is 11.7. The van der Waals surface area contributed by atoms with E-state index in [1.165, 1.54) is 21.7 Å². The molecule has 0 bridgehead atoms. The van der Waals surface area contributed by atoms with Crippen LogP contribution in [-0.4, -0.2) is 0 Å². The van der Waals surface area contributed by atoms with E-state index >= 15 is 0 Å². The van der Waals surface area contributed by atoms with Gasteiger partial charge in [-0.1, -0.05) is 97.1 Å². The van der Waals surface area contributed by atoms with Crippen molar-refractivity contribution in [3.05, 3.63) is 138 Å². The fourth-order valence-corrected chi connectivity index (χ4v) is 7.33. The van der Waals surface area contributed by atoms with Gasteiger partial charge in [0.25, 0.3) is 0 Å². The number of hydrogen-bond donors (Lipinski definition) is 0. The number of benzene rings is 4. The Morgan fingerprint density at radius 3 is 1.43 bits per heavy atom. The predicted octanol–water partition coefficient (Wildman–Crippen LogP) is 6.53. The molecule has 4 aromatic rings. The van der Waals surface area contributed by atoms with Gasteiger partial charge < -0.3 is 0 Å². The first-order chi connectivity index (χ1) is 13.9. The van der Waals surface area contributed by atoms with Gasteiger partial charge in [0.1, 0.15) is 17.9 Å². The van der Waals surface area contributed by atoms with Crippen molar-refractivity contribution in [3.8, 4) is 0 Å². The van der Waals surface area contributed by atoms with Crippen LogP contribution in [0.4, 0.5) is 0 Å². The monoisotopic (exact) mass is 379 g/mol. The Hall–Kier alpha value is -2.95. The fourth-order valence-electron chi connectivity index (χ4n) is 3.59. The summed E-state index contributed by atoms with van der Waals surface area (Å²) < 4.78 is 0. The van der Waals surface area contributed by atoms with Crippen LogP contribution in [0, 0.1) is 0 Å². The quantitative estimate of drug-likeness (QED) is 0.334. The van der Waals surface area contributed by atoms with Crippen molar-refractivity contribution in [2.24, 2.45) is 0 Å². The van der Waals surface area contributed by atoms with Crippen molar-refractivity contribution in [1.29, 1.82) is 0 Å². The summed E-state index contributed by atoms with van der Waals surface area (Å²) in [6.07, 6.45) is 3.32. The van der Waals surface area contributed by atoms with Crippen LogP contribution in [0.15, 0.2) is 127 Å². The third kappa shape index (κ3) is 4.14. The first-order valence-electron chi connectivity index (χ1n) is 9.64. The molecule has 4 aromatic carbocycles. The lowest BCUT2D eigenvalue weighted by atomic mass is 10.2. The van der Waals surface area contributed by atoms with Crippen molar-refractivity contribution >= 4 is 23.9 Å². The highest BCUT2D eigenvalue weighted by Gasteiger charge is 2.40. The lowest BCUT2D eigenvalue weighted by molar-refractivity contribution is 1.39. The molecule has 4 rings (SSSR count). The van der Waals surface area contributed by atoms with Crippen LogP contribution in [0.25, 0.3) is 6.08 Å². The van der Waals surface area contributed by atoms with Crippen LogP contribution >= 0.6 is 7.26 Å². The number of hydrogen-bond acceptors (Lipinski definition) is 0. The zero-order valence-corrected chi connectivity index (χ0v) is 16.8. The van der Waals surface area contributed by atoms with Gasteiger partial charge in [0.05, 0.1) is 12.0 Å². The summed E-state index contributed by atoms with van der Waals surface area (Å²) in [5.41, 5.74) is 2.62. The zero-order chi connectivity index (χ0) is 19.1. The topological polar surface area (TPSA) is 0 Å². The smallest absolute Gasteiger partial charge is 0.0622 e. The molecule has 0 aliphatic heterocycles. The van der Waals surface area contributed by atoms with Crippen molar-refractivity contribution in [2.75, 3.05) is 0 Å². The Bertz CT molecular complexity index is 967. The van der Waals surface area contributed by atoms with Crippen LogP contribution in [0.3, 0.4) is 0 Å². The fraction of sp³-hybridized carbons (Fsp3) is 0.0370. The largest absolute Gasteiger partial charge is 0.109 e. The second-order valence-electron chi connectivity index (χ2n) is 6.91. The minimum Gasteiger partial charge on any atom is -0.0622 e. The van der Waals surface area contributed by atoms with Crippen LogP contribution in [0.1, 0.15) is 11.1 Å². The third-order valence-corrected chi connectivity index (χ3v) is 8.99. The van der Waals surface area contributed by atoms with Crippen LogP contribution < -0.4 is 10.6 Å². The molecule has 0 radical (unpaired) electrons. The molecule has 0 unspecified atom stereocenters. The average molecular weight is 379 g/mol. The molecule has 1 heteroatoms. The van der Waals surface area contributed by atoms with E-state index in [0.29, 0.717) is 0 Å². The van der Waals surface area contributed by atoms with Gasteiger partial charge in [-0.2, -0.15) is 0 Å². The maximum Gasteiger partial charge on any atom is 0.109 e. The van der Waals surface area contributed by atoms with Crippen molar-refractivity contribution < 1.29 is 0 Å². The highest BCUT2D eigenvalue weighted by Crippen LogP contribution is 2.61. The van der Waals surface area contributed by atoms with Crippen LogP contribution in [0.2, 0.25) is 0 Å². The summed E-state index contributed by atoms with van der Waals surface area (Å²) >= 11 is 0. The zero-order valence-electron chi connectivity index (χ0n) is 15.9. The van der Waals surface area contributed by atoms with Gasteiger partial charge in [-0.3, -0.25) is 0 Å². The van der Waals surface area contributed by atoms with Gasteiger partial charge in [-0.15, -0.1) is 0 Å². The second kappa shape index (κ2) is 8.83. The van der Waals surface area contributed by atoms with E-state index in [2.05, 4.69) is 133 Å². The molecule has 0 aliphatic rings. The van der Waals surface area contributed by atoms with Gasteiger partial charge in [0.15, 0.2) is 0 Å². The van der Waals surface area contributed by atoms with E-state index in [0.717, 1.165) is 6.16 Å². The summed E-state index contributed by atoms with van der Waals surface area (Å²) in [6.45, 7) is 0. The van der Waals surface area contributed by atoms with E-state index in [1.807, 2.05) is 0 Å². The molecule has 0 atom stereocenters. The Labute approximate surface area is 168 Å². The Morgan fingerprint density at radius 2 is 0.929 bits per heavy atom. The molecule has 0 saturated carbocycles. The van der Waals surface area contributed by atoms with Crippen molar-refractivity contribution in [2.45, 2.75) is 6.16 Å². The minimum absolute atomic E-state index is 1.02. The lowest BCUT2D eigenvalue weighted by Gasteiger charge is -2.24. The molecule has 0 heterocycles. The molecule has 0 fully saturated rings. The molecule has 28 heavy (non-hydrogen) atoms.